The van der Waals surface area contributed by atoms with Crippen LogP contribution in [0.15, 0.2) is 0 Å². The van der Waals surface area contributed by atoms with Gasteiger partial charge in [0.15, 0.2) is 0 Å². The van der Waals surface area contributed by atoms with Crippen molar-refractivity contribution in [2.45, 2.75) is 32.2 Å². The molecule has 0 saturated heterocycles. The second kappa shape index (κ2) is 7.25. The standard InChI is InChI=1S/C7H18O2Si/c1-4-5-6-7-10(8-2)9-3/h10H,4-7H2,1-3H3. The van der Waals surface area contributed by atoms with Gasteiger partial charge in [0, 0.05) is 14.2 Å². The van der Waals surface area contributed by atoms with E-state index in [0.717, 1.165) is 6.04 Å². The zero-order valence-electron chi connectivity index (χ0n) is 7.22. The molecule has 3 heteroatoms. The third kappa shape index (κ3) is 4.96. The molecule has 10 heavy (non-hydrogen) atoms. The predicted octanol–water partition coefficient (Wildman–Crippen LogP) is 1.69. The lowest BCUT2D eigenvalue weighted by Gasteiger charge is -2.09. The Balaban J connectivity index is 3.09. The Labute approximate surface area is 65.4 Å². The highest BCUT2D eigenvalue weighted by Gasteiger charge is 2.06. The van der Waals surface area contributed by atoms with Crippen LogP contribution in [0.3, 0.4) is 0 Å². The summed E-state index contributed by atoms with van der Waals surface area (Å²) in [6.45, 7) is 2.20. The molecule has 0 N–H and O–H groups in total. The third-order valence-electron chi connectivity index (χ3n) is 1.57. The summed E-state index contributed by atoms with van der Waals surface area (Å²) in [6.07, 6.45) is 3.83. The maximum absolute atomic E-state index is 5.16. The van der Waals surface area contributed by atoms with Crippen molar-refractivity contribution in [3.63, 3.8) is 0 Å². The molecule has 0 bridgehead atoms. The van der Waals surface area contributed by atoms with Crippen molar-refractivity contribution in [3.05, 3.63) is 0 Å². The van der Waals surface area contributed by atoms with E-state index in [1.165, 1.54) is 19.3 Å². The molecular formula is C7H18O2Si. The molecular weight excluding hydrogens is 144 g/mol. The van der Waals surface area contributed by atoms with Gasteiger partial charge in [-0.1, -0.05) is 26.2 Å². The first-order valence-electron chi connectivity index (χ1n) is 3.90. The smallest absolute Gasteiger partial charge is 0.320 e. The zero-order valence-corrected chi connectivity index (χ0v) is 8.38. The molecule has 0 fully saturated rings. The van der Waals surface area contributed by atoms with Gasteiger partial charge in [-0.25, -0.2) is 0 Å². The lowest BCUT2D eigenvalue weighted by molar-refractivity contribution is 0.276. The molecule has 0 aliphatic carbocycles. The van der Waals surface area contributed by atoms with Crippen molar-refractivity contribution in [1.29, 1.82) is 0 Å². The quantitative estimate of drug-likeness (QED) is 0.437. The minimum atomic E-state index is -1.22. The van der Waals surface area contributed by atoms with E-state index in [4.69, 9.17) is 8.85 Å². The van der Waals surface area contributed by atoms with Crippen LogP contribution in [-0.4, -0.2) is 23.5 Å². The highest BCUT2D eigenvalue weighted by atomic mass is 28.3. The summed E-state index contributed by atoms with van der Waals surface area (Å²) < 4.78 is 10.3. The molecule has 0 spiro atoms. The van der Waals surface area contributed by atoms with Crippen molar-refractivity contribution >= 4 is 9.28 Å². The SMILES string of the molecule is CCCCC[SiH](OC)OC. The van der Waals surface area contributed by atoms with Gasteiger partial charge in [-0.05, 0) is 6.04 Å². The molecule has 2 nitrogen and oxygen atoms in total. The van der Waals surface area contributed by atoms with Crippen LogP contribution in [0.4, 0.5) is 0 Å². The first-order chi connectivity index (χ1) is 4.85. The molecule has 0 rings (SSSR count). The molecule has 0 unspecified atom stereocenters. The summed E-state index contributed by atoms with van der Waals surface area (Å²) in [5, 5.41) is 0. The summed E-state index contributed by atoms with van der Waals surface area (Å²) in [5.74, 6) is 0. The van der Waals surface area contributed by atoms with Crippen molar-refractivity contribution < 1.29 is 8.85 Å². The topological polar surface area (TPSA) is 18.5 Å². The average Bonchev–Trinajstić information content (AvgIpc) is 1.99. The molecule has 0 atom stereocenters. The molecule has 0 heterocycles. The monoisotopic (exact) mass is 162 g/mol. The van der Waals surface area contributed by atoms with Gasteiger partial charge < -0.3 is 8.85 Å². The Bertz CT molecular complexity index is 64.6. The Hall–Kier alpha value is 0.137. The van der Waals surface area contributed by atoms with Gasteiger partial charge in [0.05, 0.1) is 0 Å². The normalized spacial score (nSPS) is 10.8. The van der Waals surface area contributed by atoms with Crippen LogP contribution in [0.5, 0.6) is 0 Å². The van der Waals surface area contributed by atoms with Crippen LogP contribution in [0.2, 0.25) is 6.04 Å². The number of unbranched alkanes of at least 4 members (excludes halogenated alkanes) is 2. The average molecular weight is 162 g/mol. The van der Waals surface area contributed by atoms with Gasteiger partial charge in [-0.15, -0.1) is 0 Å². The summed E-state index contributed by atoms with van der Waals surface area (Å²) in [5.41, 5.74) is 0. The van der Waals surface area contributed by atoms with Crippen LogP contribution >= 0.6 is 0 Å². The van der Waals surface area contributed by atoms with Crippen molar-refractivity contribution in [2.75, 3.05) is 14.2 Å². The summed E-state index contributed by atoms with van der Waals surface area (Å²) in [7, 11) is 2.26. The van der Waals surface area contributed by atoms with E-state index in [-0.39, 0.29) is 0 Å². The van der Waals surface area contributed by atoms with E-state index >= 15 is 0 Å². The van der Waals surface area contributed by atoms with Crippen LogP contribution < -0.4 is 0 Å². The third-order valence-corrected chi connectivity index (χ3v) is 3.50. The fourth-order valence-corrected chi connectivity index (χ4v) is 2.18. The van der Waals surface area contributed by atoms with Gasteiger partial charge in [0.2, 0.25) is 0 Å². The van der Waals surface area contributed by atoms with Crippen LogP contribution in [0.1, 0.15) is 26.2 Å². The Morgan fingerprint density at radius 3 is 2.10 bits per heavy atom. The first kappa shape index (κ1) is 10.1. The van der Waals surface area contributed by atoms with E-state index in [1.807, 2.05) is 0 Å². The lowest BCUT2D eigenvalue weighted by Crippen LogP contribution is -2.18. The number of hydrogen-bond donors (Lipinski definition) is 0. The second-order valence-corrected chi connectivity index (χ2v) is 4.78. The van der Waals surface area contributed by atoms with E-state index < -0.39 is 9.28 Å². The summed E-state index contributed by atoms with van der Waals surface area (Å²) in [4.78, 5) is 0. The van der Waals surface area contributed by atoms with Crippen LogP contribution in [-0.2, 0) is 8.85 Å². The molecule has 0 aliphatic rings. The minimum Gasteiger partial charge on any atom is -0.400 e. The number of hydrogen-bond acceptors (Lipinski definition) is 2. The molecule has 0 saturated carbocycles. The molecule has 0 aromatic heterocycles. The van der Waals surface area contributed by atoms with Crippen molar-refractivity contribution in [3.8, 4) is 0 Å². The predicted molar refractivity (Wildman–Crippen MR) is 45.5 cm³/mol. The maximum Gasteiger partial charge on any atom is 0.320 e. The molecule has 0 amide bonds. The summed E-state index contributed by atoms with van der Waals surface area (Å²) in [6, 6.07) is 1.15. The largest absolute Gasteiger partial charge is 0.400 e. The Kier molecular flexibility index (Phi) is 7.35. The number of rotatable bonds is 6. The first-order valence-corrected chi connectivity index (χ1v) is 5.66. The van der Waals surface area contributed by atoms with E-state index in [2.05, 4.69) is 6.92 Å². The maximum atomic E-state index is 5.16. The molecule has 0 aliphatic heterocycles. The Morgan fingerprint density at radius 1 is 1.10 bits per heavy atom. The van der Waals surface area contributed by atoms with E-state index in [1.54, 1.807) is 14.2 Å². The zero-order chi connectivity index (χ0) is 7.82. The van der Waals surface area contributed by atoms with Crippen LogP contribution in [0.25, 0.3) is 0 Å². The second-order valence-electron chi connectivity index (χ2n) is 2.40. The van der Waals surface area contributed by atoms with Gasteiger partial charge in [0.1, 0.15) is 0 Å². The van der Waals surface area contributed by atoms with Gasteiger partial charge in [-0.2, -0.15) is 0 Å². The minimum absolute atomic E-state index is 1.15. The van der Waals surface area contributed by atoms with Crippen molar-refractivity contribution in [2.24, 2.45) is 0 Å². The molecule has 62 valence electrons. The van der Waals surface area contributed by atoms with Gasteiger partial charge >= 0.3 is 9.28 Å². The van der Waals surface area contributed by atoms with Crippen LogP contribution in [0, 0.1) is 0 Å². The van der Waals surface area contributed by atoms with Crippen molar-refractivity contribution in [1.82, 2.24) is 0 Å². The Morgan fingerprint density at radius 2 is 1.70 bits per heavy atom. The van der Waals surface area contributed by atoms with Gasteiger partial charge in [0.25, 0.3) is 0 Å². The molecule has 0 radical (unpaired) electrons. The summed E-state index contributed by atoms with van der Waals surface area (Å²) >= 11 is 0. The van der Waals surface area contributed by atoms with E-state index in [9.17, 15) is 0 Å². The molecule has 0 aromatic carbocycles. The highest BCUT2D eigenvalue weighted by Crippen LogP contribution is 2.04. The highest BCUT2D eigenvalue weighted by molar-refractivity contribution is 6.44. The lowest BCUT2D eigenvalue weighted by atomic mass is 10.3. The van der Waals surface area contributed by atoms with E-state index in [0.29, 0.717) is 0 Å². The molecule has 0 aromatic rings. The fourth-order valence-electron chi connectivity index (χ4n) is 0.893. The van der Waals surface area contributed by atoms with Gasteiger partial charge in [-0.3, -0.25) is 0 Å². The fraction of sp³-hybridized carbons (Fsp3) is 1.00.